The number of hydrogen-bond donors (Lipinski definition) is 0. The molecule has 4 nitrogen and oxygen atoms in total. The second-order valence-corrected chi connectivity index (χ2v) is 7.23. The Morgan fingerprint density at radius 3 is 2.60 bits per heavy atom. The summed E-state index contributed by atoms with van der Waals surface area (Å²) in [6, 6.07) is 11.9. The molecule has 5 heteroatoms. The van der Waals surface area contributed by atoms with Gasteiger partial charge in [0.2, 0.25) is 0 Å². The average molecular weight is 401 g/mol. The van der Waals surface area contributed by atoms with E-state index in [0.29, 0.717) is 11.7 Å². The fraction of sp³-hybridized carbons (Fsp3) is 0.300. The van der Waals surface area contributed by atoms with Crippen molar-refractivity contribution in [2.45, 2.75) is 33.6 Å². The summed E-state index contributed by atoms with van der Waals surface area (Å²) in [5, 5.41) is 6.57. The number of aromatic nitrogens is 2. The molecular formula is C20H21BrN2O2. The van der Waals surface area contributed by atoms with Gasteiger partial charge < -0.3 is 4.74 Å². The van der Waals surface area contributed by atoms with Crippen molar-refractivity contribution in [1.82, 2.24) is 9.78 Å². The summed E-state index contributed by atoms with van der Waals surface area (Å²) in [6.07, 6.45) is 0. The number of fused-ring (bicyclic) bond motifs is 1. The molecule has 0 unspecified atom stereocenters. The maximum absolute atomic E-state index is 12.6. The van der Waals surface area contributed by atoms with Gasteiger partial charge in [0.15, 0.2) is 6.61 Å². The molecule has 130 valence electrons. The number of carbonyl (C=O) groups excluding carboxylic acids is 1. The molecule has 0 aliphatic heterocycles. The SMILES string of the molecule is Cc1nn(C(=O)COc2ccc3ccccc3c2Br)c(C)c1C(C)C. The van der Waals surface area contributed by atoms with Gasteiger partial charge in [-0.05, 0) is 58.1 Å². The van der Waals surface area contributed by atoms with Crippen LogP contribution in [0.15, 0.2) is 40.9 Å². The Morgan fingerprint density at radius 2 is 1.92 bits per heavy atom. The molecule has 0 spiro atoms. The standard InChI is InChI=1S/C20H21BrN2O2/c1-12(2)19-13(3)22-23(14(19)4)18(24)11-25-17-10-9-15-7-5-6-8-16(15)20(17)21/h5-10,12H,11H2,1-4H3. The van der Waals surface area contributed by atoms with Crippen LogP contribution in [0.4, 0.5) is 0 Å². The van der Waals surface area contributed by atoms with Crippen molar-refractivity contribution in [1.29, 1.82) is 0 Å². The maximum Gasteiger partial charge on any atom is 0.284 e. The molecule has 3 aromatic rings. The van der Waals surface area contributed by atoms with Crippen LogP contribution in [0.3, 0.4) is 0 Å². The lowest BCUT2D eigenvalue weighted by atomic mass is 10.0. The third kappa shape index (κ3) is 3.33. The van der Waals surface area contributed by atoms with E-state index in [1.807, 2.05) is 50.2 Å². The van der Waals surface area contributed by atoms with Gasteiger partial charge >= 0.3 is 0 Å². The Labute approximate surface area is 155 Å². The molecule has 0 aliphatic carbocycles. The third-order valence-corrected chi connectivity index (χ3v) is 5.16. The zero-order valence-corrected chi connectivity index (χ0v) is 16.4. The smallest absolute Gasteiger partial charge is 0.284 e. The molecule has 0 bridgehead atoms. The Kier molecular flexibility index (Phi) is 4.95. The van der Waals surface area contributed by atoms with Crippen LogP contribution in [0.25, 0.3) is 10.8 Å². The van der Waals surface area contributed by atoms with Gasteiger partial charge in [-0.25, -0.2) is 4.68 Å². The Balaban J connectivity index is 1.82. The highest BCUT2D eigenvalue weighted by atomic mass is 79.9. The molecule has 1 aromatic heterocycles. The highest BCUT2D eigenvalue weighted by Gasteiger charge is 2.19. The van der Waals surface area contributed by atoms with E-state index < -0.39 is 0 Å². The first kappa shape index (κ1) is 17.7. The molecule has 0 saturated carbocycles. The molecule has 0 fully saturated rings. The van der Waals surface area contributed by atoms with E-state index in [2.05, 4.69) is 34.9 Å². The van der Waals surface area contributed by atoms with Gasteiger partial charge in [-0.15, -0.1) is 0 Å². The van der Waals surface area contributed by atoms with E-state index in [1.54, 1.807) is 0 Å². The van der Waals surface area contributed by atoms with Gasteiger partial charge in [-0.2, -0.15) is 5.10 Å². The number of ether oxygens (including phenoxy) is 1. The van der Waals surface area contributed by atoms with E-state index in [9.17, 15) is 4.79 Å². The number of benzene rings is 2. The van der Waals surface area contributed by atoms with Gasteiger partial charge in [0.1, 0.15) is 5.75 Å². The summed E-state index contributed by atoms with van der Waals surface area (Å²) in [7, 11) is 0. The highest BCUT2D eigenvalue weighted by Crippen LogP contribution is 2.33. The van der Waals surface area contributed by atoms with Crippen molar-refractivity contribution in [3.8, 4) is 5.75 Å². The predicted octanol–water partition coefficient (Wildman–Crippen LogP) is 5.26. The summed E-state index contributed by atoms with van der Waals surface area (Å²) in [5.41, 5.74) is 2.91. The van der Waals surface area contributed by atoms with Crippen molar-refractivity contribution in [3.63, 3.8) is 0 Å². The van der Waals surface area contributed by atoms with Crippen molar-refractivity contribution in [3.05, 3.63) is 57.8 Å². The number of carbonyl (C=O) groups is 1. The minimum atomic E-state index is -0.174. The fourth-order valence-corrected chi connectivity index (χ4v) is 3.87. The molecule has 0 saturated heterocycles. The van der Waals surface area contributed by atoms with Gasteiger partial charge in [0.25, 0.3) is 5.91 Å². The summed E-state index contributed by atoms with van der Waals surface area (Å²) in [6.45, 7) is 8.02. The van der Waals surface area contributed by atoms with Crippen LogP contribution >= 0.6 is 15.9 Å². The minimum Gasteiger partial charge on any atom is -0.482 e. The average Bonchev–Trinajstić information content (AvgIpc) is 2.89. The number of halogens is 1. The quantitative estimate of drug-likeness (QED) is 0.599. The van der Waals surface area contributed by atoms with Crippen molar-refractivity contribution >= 4 is 32.6 Å². The lowest BCUT2D eigenvalue weighted by Crippen LogP contribution is -2.22. The first-order valence-corrected chi connectivity index (χ1v) is 9.08. The summed E-state index contributed by atoms with van der Waals surface area (Å²) < 4.78 is 8.08. The van der Waals surface area contributed by atoms with Gasteiger partial charge in [0.05, 0.1) is 10.2 Å². The van der Waals surface area contributed by atoms with E-state index >= 15 is 0 Å². The van der Waals surface area contributed by atoms with Crippen LogP contribution in [0.5, 0.6) is 5.75 Å². The number of nitrogens with zero attached hydrogens (tertiary/aromatic N) is 2. The van der Waals surface area contributed by atoms with Crippen LogP contribution in [-0.2, 0) is 0 Å². The monoisotopic (exact) mass is 400 g/mol. The van der Waals surface area contributed by atoms with Crippen LogP contribution in [0, 0.1) is 13.8 Å². The molecule has 0 aliphatic rings. The topological polar surface area (TPSA) is 44.1 Å². The second-order valence-electron chi connectivity index (χ2n) is 6.43. The lowest BCUT2D eigenvalue weighted by molar-refractivity contribution is 0.0817. The molecular weight excluding hydrogens is 380 g/mol. The summed E-state index contributed by atoms with van der Waals surface area (Å²) in [4.78, 5) is 12.6. The van der Waals surface area contributed by atoms with Gasteiger partial charge in [-0.1, -0.05) is 44.2 Å². The first-order chi connectivity index (χ1) is 11.9. The first-order valence-electron chi connectivity index (χ1n) is 8.29. The number of aryl methyl sites for hydroxylation is 1. The molecule has 0 N–H and O–H groups in total. The largest absolute Gasteiger partial charge is 0.482 e. The van der Waals surface area contributed by atoms with Crippen LogP contribution in [0.1, 0.15) is 41.5 Å². The van der Waals surface area contributed by atoms with Crippen LogP contribution < -0.4 is 4.74 Å². The minimum absolute atomic E-state index is 0.0591. The zero-order chi connectivity index (χ0) is 18.1. The third-order valence-electron chi connectivity index (χ3n) is 4.34. The number of hydrogen-bond acceptors (Lipinski definition) is 3. The fourth-order valence-electron chi connectivity index (χ4n) is 3.26. The molecule has 0 amide bonds. The van der Waals surface area contributed by atoms with Crippen molar-refractivity contribution in [2.24, 2.45) is 0 Å². The van der Waals surface area contributed by atoms with E-state index in [4.69, 9.17) is 4.74 Å². The zero-order valence-electron chi connectivity index (χ0n) is 14.8. The van der Waals surface area contributed by atoms with Crippen LogP contribution in [-0.4, -0.2) is 22.3 Å². The van der Waals surface area contributed by atoms with E-state index in [0.717, 1.165) is 32.2 Å². The molecule has 1 heterocycles. The molecule has 0 radical (unpaired) electrons. The highest BCUT2D eigenvalue weighted by molar-refractivity contribution is 9.10. The number of rotatable bonds is 4. The molecule has 2 aromatic carbocycles. The summed E-state index contributed by atoms with van der Waals surface area (Å²) in [5.74, 6) is 0.808. The normalized spacial score (nSPS) is 11.3. The Hall–Kier alpha value is -2.14. The maximum atomic E-state index is 12.6. The lowest BCUT2D eigenvalue weighted by Gasteiger charge is -2.11. The van der Waals surface area contributed by atoms with Gasteiger partial charge in [-0.3, -0.25) is 4.79 Å². The Morgan fingerprint density at radius 1 is 1.20 bits per heavy atom. The van der Waals surface area contributed by atoms with Crippen molar-refractivity contribution < 1.29 is 9.53 Å². The van der Waals surface area contributed by atoms with Crippen molar-refractivity contribution in [2.75, 3.05) is 6.61 Å². The summed E-state index contributed by atoms with van der Waals surface area (Å²) >= 11 is 3.58. The molecule has 0 atom stereocenters. The second kappa shape index (κ2) is 7.00. The van der Waals surface area contributed by atoms with Crippen LogP contribution in [0.2, 0.25) is 0 Å². The molecule has 3 rings (SSSR count). The Bertz CT molecular complexity index is 944. The molecule has 25 heavy (non-hydrogen) atoms. The van der Waals surface area contributed by atoms with Gasteiger partial charge in [0, 0.05) is 5.69 Å². The predicted molar refractivity (Wildman–Crippen MR) is 104 cm³/mol. The van der Waals surface area contributed by atoms with E-state index in [1.165, 1.54) is 4.68 Å². The van der Waals surface area contributed by atoms with E-state index in [-0.39, 0.29) is 12.5 Å².